The zero-order valence-electron chi connectivity index (χ0n) is 21.5. The van der Waals surface area contributed by atoms with Crippen LogP contribution in [0.15, 0.2) is 63.1 Å². The van der Waals surface area contributed by atoms with Crippen LogP contribution in [0, 0.1) is 6.92 Å². The van der Waals surface area contributed by atoms with Gasteiger partial charge in [0, 0.05) is 43.3 Å². The molecule has 6 rings (SSSR count). The van der Waals surface area contributed by atoms with Crippen LogP contribution in [-0.2, 0) is 0 Å². The summed E-state index contributed by atoms with van der Waals surface area (Å²) < 4.78 is 11.9. The number of carbonyl (C=O) groups is 1. The molecular formula is C28H27ClN6O3S. The van der Waals surface area contributed by atoms with Crippen molar-refractivity contribution < 1.29 is 13.9 Å². The average molecular weight is 563 g/mol. The number of benzene rings is 2. The minimum atomic E-state index is -0.478. The SMILES string of the molecule is CC(=O)c1nc(Sc2cccc(-c3nc(C)co3)c2Cl)c(N)nc1N1CCC2(CC1)Oc1ccccc1[C@H]2N. The number of nitrogens with two attached hydrogens (primary N) is 2. The highest BCUT2D eigenvalue weighted by Crippen LogP contribution is 2.47. The second-order valence-corrected chi connectivity index (χ2v) is 11.2. The Kier molecular flexibility index (Phi) is 6.49. The first-order valence-electron chi connectivity index (χ1n) is 12.6. The molecule has 11 heteroatoms. The number of fused-ring (bicyclic) bond motifs is 1. The molecule has 0 amide bonds. The number of nitrogen functional groups attached to an aromatic ring is 1. The van der Waals surface area contributed by atoms with Gasteiger partial charge in [-0.1, -0.05) is 47.6 Å². The maximum atomic E-state index is 12.7. The van der Waals surface area contributed by atoms with E-state index in [0.717, 1.165) is 17.0 Å². The summed E-state index contributed by atoms with van der Waals surface area (Å²) in [4.78, 5) is 29.1. The van der Waals surface area contributed by atoms with Gasteiger partial charge in [0.2, 0.25) is 5.89 Å². The Labute approximate surface area is 234 Å². The number of para-hydroxylation sites is 1. The van der Waals surface area contributed by atoms with E-state index in [2.05, 4.69) is 15.0 Å². The third kappa shape index (κ3) is 4.52. The molecule has 2 aromatic carbocycles. The number of rotatable bonds is 5. The van der Waals surface area contributed by atoms with Gasteiger partial charge >= 0.3 is 0 Å². The average Bonchev–Trinajstić information content (AvgIpc) is 3.47. The fourth-order valence-electron chi connectivity index (χ4n) is 5.20. The number of hydrogen-bond donors (Lipinski definition) is 2. The van der Waals surface area contributed by atoms with Crippen molar-refractivity contribution in [1.82, 2.24) is 15.0 Å². The van der Waals surface area contributed by atoms with E-state index < -0.39 is 5.60 Å². The molecule has 1 spiro atoms. The van der Waals surface area contributed by atoms with E-state index in [4.69, 9.17) is 32.2 Å². The number of ketones is 1. The molecule has 0 bridgehead atoms. The minimum absolute atomic E-state index is 0.198. The molecule has 2 aliphatic heterocycles. The molecule has 0 aliphatic carbocycles. The van der Waals surface area contributed by atoms with Crippen LogP contribution in [0.25, 0.3) is 11.5 Å². The van der Waals surface area contributed by atoms with Gasteiger partial charge in [0.15, 0.2) is 17.4 Å². The smallest absolute Gasteiger partial charge is 0.227 e. The first-order chi connectivity index (χ1) is 18.8. The Balaban J connectivity index is 1.25. The Bertz CT molecular complexity index is 1580. The fraction of sp³-hybridized carbons (Fsp3) is 0.286. The van der Waals surface area contributed by atoms with Crippen LogP contribution in [0.2, 0.25) is 5.02 Å². The van der Waals surface area contributed by atoms with Crippen molar-refractivity contribution in [2.24, 2.45) is 5.73 Å². The molecule has 2 aliphatic rings. The Morgan fingerprint density at radius 1 is 1.13 bits per heavy atom. The molecule has 4 heterocycles. The highest BCUT2D eigenvalue weighted by Gasteiger charge is 2.48. The largest absolute Gasteiger partial charge is 0.485 e. The minimum Gasteiger partial charge on any atom is -0.485 e. The number of carbonyl (C=O) groups excluding carboxylic acids is 1. The lowest BCUT2D eigenvalue weighted by Crippen LogP contribution is -2.52. The number of ether oxygens (including phenoxy) is 1. The predicted molar refractivity (Wildman–Crippen MR) is 150 cm³/mol. The number of hydrogen-bond acceptors (Lipinski definition) is 10. The van der Waals surface area contributed by atoms with E-state index in [9.17, 15) is 4.79 Å². The summed E-state index contributed by atoms with van der Waals surface area (Å²) in [6.45, 7) is 4.53. The highest BCUT2D eigenvalue weighted by molar-refractivity contribution is 7.99. The zero-order valence-corrected chi connectivity index (χ0v) is 23.1. The van der Waals surface area contributed by atoms with Gasteiger partial charge in [-0.25, -0.2) is 15.0 Å². The number of Topliss-reactive ketones (excluding diaryl/α,β-unsaturated/α-hetero) is 1. The first-order valence-corrected chi connectivity index (χ1v) is 13.8. The van der Waals surface area contributed by atoms with Gasteiger partial charge in [0.1, 0.15) is 28.3 Å². The van der Waals surface area contributed by atoms with Crippen molar-refractivity contribution in [2.45, 2.75) is 48.3 Å². The van der Waals surface area contributed by atoms with E-state index in [1.807, 2.05) is 54.3 Å². The maximum absolute atomic E-state index is 12.7. The molecular weight excluding hydrogens is 536 g/mol. The van der Waals surface area contributed by atoms with Crippen LogP contribution in [0.5, 0.6) is 5.75 Å². The Morgan fingerprint density at radius 2 is 1.90 bits per heavy atom. The summed E-state index contributed by atoms with van der Waals surface area (Å²) in [6.07, 6.45) is 2.93. The fourth-order valence-corrected chi connectivity index (χ4v) is 6.36. The quantitative estimate of drug-likeness (QED) is 0.302. The van der Waals surface area contributed by atoms with Crippen LogP contribution < -0.4 is 21.1 Å². The molecule has 200 valence electrons. The first kappa shape index (κ1) is 25.7. The van der Waals surface area contributed by atoms with Crippen molar-refractivity contribution in [3.63, 3.8) is 0 Å². The number of oxazole rings is 1. The molecule has 1 fully saturated rings. The predicted octanol–water partition coefficient (Wildman–Crippen LogP) is 5.46. The van der Waals surface area contributed by atoms with Crippen LogP contribution in [-0.4, -0.2) is 39.4 Å². The number of piperidine rings is 1. The number of anilines is 2. The van der Waals surface area contributed by atoms with Crippen molar-refractivity contribution in [3.8, 4) is 17.2 Å². The van der Waals surface area contributed by atoms with Crippen LogP contribution >= 0.6 is 23.4 Å². The third-order valence-electron chi connectivity index (χ3n) is 7.27. The summed E-state index contributed by atoms with van der Waals surface area (Å²) >= 11 is 7.95. The van der Waals surface area contributed by atoms with Gasteiger partial charge in [0.25, 0.3) is 0 Å². The van der Waals surface area contributed by atoms with Gasteiger partial charge in [-0.15, -0.1) is 0 Å². The molecule has 0 saturated carbocycles. The summed E-state index contributed by atoms with van der Waals surface area (Å²) in [5.74, 6) is 1.76. The third-order valence-corrected chi connectivity index (χ3v) is 8.84. The number of aromatic nitrogens is 3. The lowest BCUT2D eigenvalue weighted by atomic mass is 9.83. The maximum Gasteiger partial charge on any atom is 0.227 e. The van der Waals surface area contributed by atoms with Crippen LogP contribution in [0.1, 0.15) is 47.6 Å². The van der Waals surface area contributed by atoms with E-state index in [1.54, 1.807) is 6.26 Å². The van der Waals surface area contributed by atoms with E-state index in [1.165, 1.54) is 18.7 Å². The van der Waals surface area contributed by atoms with E-state index >= 15 is 0 Å². The topological polar surface area (TPSA) is 133 Å². The molecule has 0 unspecified atom stereocenters. The number of halogens is 1. The van der Waals surface area contributed by atoms with Gasteiger partial charge < -0.3 is 25.5 Å². The van der Waals surface area contributed by atoms with Crippen molar-refractivity contribution >= 4 is 40.8 Å². The van der Waals surface area contributed by atoms with Gasteiger partial charge in [-0.2, -0.15) is 0 Å². The van der Waals surface area contributed by atoms with E-state index in [-0.39, 0.29) is 23.3 Å². The summed E-state index contributed by atoms with van der Waals surface area (Å²) in [5.41, 5.74) is 15.2. The summed E-state index contributed by atoms with van der Waals surface area (Å²) in [7, 11) is 0. The Morgan fingerprint density at radius 3 is 2.59 bits per heavy atom. The standard InChI is InChI=1S/C28H27ClN6O3S/c1-15-14-37-26(32-15)18-7-5-9-20(21(18)29)39-27-24(31)34-25(22(33-27)16(2)36)35-12-10-28(11-13-35)23(30)17-6-3-4-8-19(17)38-28/h3-9,14,23H,10-13,30H2,1-2H3,(H2,31,34)/t23-/m1/s1. The number of nitrogens with zero attached hydrogens (tertiary/aromatic N) is 4. The van der Waals surface area contributed by atoms with Crippen molar-refractivity contribution in [1.29, 1.82) is 0 Å². The highest BCUT2D eigenvalue weighted by atomic mass is 35.5. The van der Waals surface area contributed by atoms with E-state index in [0.29, 0.717) is 58.1 Å². The molecule has 1 atom stereocenters. The van der Waals surface area contributed by atoms with Gasteiger partial charge in [-0.05, 0) is 25.1 Å². The second kappa shape index (κ2) is 9.86. The zero-order chi connectivity index (χ0) is 27.3. The lowest BCUT2D eigenvalue weighted by Gasteiger charge is -2.41. The molecule has 0 radical (unpaired) electrons. The van der Waals surface area contributed by atoms with Crippen molar-refractivity contribution in [3.05, 3.63) is 70.7 Å². The summed E-state index contributed by atoms with van der Waals surface area (Å²) in [6, 6.07) is 13.2. The van der Waals surface area contributed by atoms with Crippen LogP contribution in [0.4, 0.5) is 11.6 Å². The lowest BCUT2D eigenvalue weighted by molar-refractivity contribution is 0.0430. The van der Waals surface area contributed by atoms with Crippen molar-refractivity contribution in [2.75, 3.05) is 23.7 Å². The molecule has 4 aromatic rings. The van der Waals surface area contributed by atoms with Crippen LogP contribution in [0.3, 0.4) is 0 Å². The monoisotopic (exact) mass is 562 g/mol. The summed E-state index contributed by atoms with van der Waals surface area (Å²) in [5, 5.41) is 0.853. The molecule has 1 saturated heterocycles. The molecule has 39 heavy (non-hydrogen) atoms. The molecule has 2 aromatic heterocycles. The number of aryl methyl sites for hydroxylation is 1. The van der Waals surface area contributed by atoms with Gasteiger partial charge in [-0.3, -0.25) is 4.79 Å². The molecule has 9 nitrogen and oxygen atoms in total. The normalized spacial score (nSPS) is 17.7. The second-order valence-electron chi connectivity index (χ2n) is 9.83. The molecule has 4 N–H and O–H groups in total. The van der Waals surface area contributed by atoms with Gasteiger partial charge in [0.05, 0.1) is 22.3 Å². The Hall–Kier alpha value is -3.60.